The van der Waals surface area contributed by atoms with Gasteiger partial charge in [0.1, 0.15) is 5.01 Å². The van der Waals surface area contributed by atoms with E-state index in [1.807, 2.05) is 11.6 Å². The number of aromatic nitrogens is 1. The number of rotatable bonds is 3. The van der Waals surface area contributed by atoms with Crippen LogP contribution in [0.4, 0.5) is 0 Å². The van der Waals surface area contributed by atoms with Crippen molar-refractivity contribution in [3.63, 3.8) is 0 Å². The molecule has 5 heteroatoms. The fourth-order valence-electron chi connectivity index (χ4n) is 2.62. The quantitative estimate of drug-likeness (QED) is 0.946. The molecule has 2 heterocycles. The average molecular weight is 296 g/mol. The molecule has 1 aromatic carbocycles. The molecule has 1 aliphatic rings. The zero-order valence-corrected chi connectivity index (χ0v) is 12.2. The molecule has 0 unspecified atom stereocenters. The molecule has 0 bridgehead atoms. The van der Waals surface area contributed by atoms with Crippen molar-refractivity contribution in [2.75, 3.05) is 13.1 Å². The fraction of sp³-hybridized carbons (Fsp3) is 0.357. The summed E-state index contributed by atoms with van der Waals surface area (Å²) in [6, 6.07) is 10.8. The van der Waals surface area contributed by atoms with Crippen molar-refractivity contribution >= 4 is 23.7 Å². The standard InChI is InChI=1S/C14H17N3S.ClH/c15-13-9-17(10-14-16-6-7-18-14)8-12(13)11-4-2-1-3-5-11;/h1-7,12-13H,8-10,15H2;1H/t12-,13+;/m0./s1. The highest BCUT2D eigenvalue weighted by atomic mass is 35.5. The van der Waals surface area contributed by atoms with Gasteiger partial charge in [-0.2, -0.15) is 0 Å². The van der Waals surface area contributed by atoms with Crippen LogP contribution < -0.4 is 5.73 Å². The third-order valence-electron chi connectivity index (χ3n) is 3.51. The molecule has 2 atom stereocenters. The molecule has 1 aliphatic heterocycles. The zero-order valence-electron chi connectivity index (χ0n) is 10.6. The lowest BCUT2D eigenvalue weighted by Crippen LogP contribution is -2.28. The minimum atomic E-state index is 0. The monoisotopic (exact) mass is 295 g/mol. The van der Waals surface area contributed by atoms with E-state index in [0.29, 0.717) is 5.92 Å². The minimum Gasteiger partial charge on any atom is -0.326 e. The molecule has 0 aliphatic carbocycles. The molecular weight excluding hydrogens is 278 g/mol. The summed E-state index contributed by atoms with van der Waals surface area (Å²) < 4.78 is 0. The Balaban J connectivity index is 0.00000133. The topological polar surface area (TPSA) is 42.1 Å². The highest BCUT2D eigenvalue weighted by Gasteiger charge is 2.31. The second kappa shape index (κ2) is 6.48. The van der Waals surface area contributed by atoms with Crippen LogP contribution in [0.3, 0.4) is 0 Å². The number of halogens is 1. The molecule has 0 radical (unpaired) electrons. The largest absolute Gasteiger partial charge is 0.326 e. The molecule has 2 aromatic rings. The summed E-state index contributed by atoms with van der Waals surface area (Å²) in [5.41, 5.74) is 7.63. The maximum atomic E-state index is 6.27. The van der Waals surface area contributed by atoms with Crippen LogP contribution in [-0.2, 0) is 6.54 Å². The molecule has 0 saturated carbocycles. The second-order valence-corrected chi connectivity index (χ2v) is 5.78. The van der Waals surface area contributed by atoms with Crippen molar-refractivity contribution in [1.29, 1.82) is 0 Å². The van der Waals surface area contributed by atoms with Crippen LogP contribution in [0.5, 0.6) is 0 Å². The van der Waals surface area contributed by atoms with E-state index < -0.39 is 0 Å². The first-order valence-corrected chi connectivity index (χ1v) is 7.12. The van der Waals surface area contributed by atoms with Gasteiger partial charge in [0.25, 0.3) is 0 Å². The van der Waals surface area contributed by atoms with Crippen LogP contribution in [0.15, 0.2) is 41.9 Å². The van der Waals surface area contributed by atoms with Crippen molar-refractivity contribution in [2.24, 2.45) is 5.73 Å². The van der Waals surface area contributed by atoms with E-state index in [2.05, 4.69) is 40.2 Å². The van der Waals surface area contributed by atoms with Gasteiger partial charge in [-0.3, -0.25) is 4.90 Å². The third kappa shape index (κ3) is 3.34. The number of likely N-dealkylation sites (tertiary alicyclic amines) is 1. The van der Waals surface area contributed by atoms with Gasteiger partial charge >= 0.3 is 0 Å². The van der Waals surface area contributed by atoms with Crippen LogP contribution in [0.1, 0.15) is 16.5 Å². The van der Waals surface area contributed by atoms with Crippen molar-refractivity contribution in [3.05, 3.63) is 52.5 Å². The van der Waals surface area contributed by atoms with Gasteiger partial charge in [0.15, 0.2) is 0 Å². The van der Waals surface area contributed by atoms with Crippen molar-refractivity contribution in [2.45, 2.75) is 18.5 Å². The second-order valence-electron chi connectivity index (χ2n) is 4.80. The number of benzene rings is 1. The Morgan fingerprint density at radius 3 is 2.74 bits per heavy atom. The van der Waals surface area contributed by atoms with Gasteiger partial charge in [-0.25, -0.2) is 4.98 Å². The molecule has 3 rings (SSSR count). The van der Waals surface area contributed by atoms with Gasteiger partial charge in [-0.1, -0.05) is 30.3 Å². The number of nitrogens with two attached hydrogens (primary N) is 1. The van der Waals surface area contributed by atoms with Gasteiger partial charge in [0.2, 0.25) is 0 Å². The van der Waals surface area contributed by atoms with Crippen LogP contribution >= 0.6 is 23.7 Å². The number of hydrogen-bond donors (Lipinski definition) is 1. The molecule has 0 amide bonds. The van der Waals surface area contributed by atoms with Crippen LogP contribution in [0.25, 0.3) is 0 Å². The smallest absolute Gasteiger partial charge is 0.107 e. The molecule has 3 nitrogen and oxygen atoms in total. The molecular formula is C14H18ClN3S. The molecule has 1 aromatic heterocycles. The van der Waals surface area contributed by atoms with Gasteiger partial charge in [0.05, 0.1) is 6.54 Å². The summed E-state index contributed by atoms with van der Waals surface area (Å²) in [5.74, 6) is 0.450. The third-order valence-corrected chi connectivity index (χ3v) is 4.28. The molecule has 2 N–H and O–H groups in total. The SMILES string of the molecule is Cl.N[C@@H]1CN(Cc2nccs2)C[C@H]1c1ccccc1. The zero-order chi connectivity index (χ0) is 12.4. The summed E-state index contributed by atoms with van der Waals surface area (Å²) in [6.45, 7) is 2.92. The first kappa shape index (κ1) is 14.5. The Hall–Kier alpha value is -0.940. The maximum Gasteiger partial charge on any atom is 0.107 e. The predicted molar refractivity (Wildman–Crippen MR) is 81.8 cm³/mol. The first-order chi connectivity index (χ1) is 8.83. The first-order valence-electron chi connectivity index (χ1n) is 6.24. The number of thiazole rings is 1. The molecule has 0 spiro atoms. The number of hydrogen-bond acceptors (Lipinski definition) is 4. The lowest BCUT2D eigenvalue weighted by Gasteiger charge is -2.14. The molecule has 102 valence electrons. The highest BCUT2D eigenvalue weighted by molar-refractivity contribution is 7.09. The molecule has 1 saturated heterocycles. The predicted octanol–water partition coefficient (Wildman–Crippen LogP) is 2.49. The maximum absolute atomic E-state index is 6.27. The van der Waals surface area contributed by atoms with E-state index in [1.54, 1.807) is 11.3 Å². The Morgan fingerprint density at radius 1 is 1.26 bits per heavy atom. The van der Waals surface area contributed by atoms with Gasteiger partial charge in [-0.15, -0.1) is 23.7 Å². The Labute approximate surface area is 123 Å². The summed E-state index contributed by atoms with van der Waals surface area (Å²) in [5, 5.41) is 3.20. The van der Waals surface area contributed by atoms with E-state index in [-0.39, 0.29) is 18.4 Å². The van der Waals surface area contributed by atoms with E-state index in [4.69, 9.17) is 5.73 Å². The van der Waals surface area contributed by atoms with Crippen LogP contribution in [0, 0.1) is 0 Å². The van der Waals surface area contributed by atoms with Crippen LogP contribution in [0.2, 0.25) is 0 Å². The Morgan fingerprint density at radius 2 is 2.05 bits per heavy atom. The van der Waals surface area contributed by atoms with Gasteiger partial charge < -0.3 is 5.73 Å². The summed E-state index contributed by atoms with van der Waals surface area (Å²) >= 11 is 1.71. The summed E-state index contributed by atoms with van der Waals surface area (Å²) in [7, 11) is 0. The van der Waals surface area contributed by atoms with Crippen molar-refractivity contribution < 1.29 is 0 Å². The summed E-state index contributed by atoms with van der Waals surface area (Å²) in [4.78, 5) is 6.74. The summed E-state index contributed by atoms with van der Waals surface area (Å²) in [6.07, 6.45) is 1.87. The minimum absolute atomic E-state index is 0. The average Bonchev–Trinajstić information content (AvgIpc) is 3.01. The Kier molecular flexibility index (Phi) is 4.93. The van der Waals surface area contributed by atoms with E-state index in [0.717, 1.165) is 19.6 Å². The van der Waals surface area contributed by atoms with E-state index in [9.17, 15) is 0 Å². The lowest BCUT2D eigenvalue weighted by molar-refractivity contribution is 0.323. The Bertz CT molecular complexity index is 489. The van der Waals surface area contributed by atoms with E-state index >= 15 is 0 Å². The van der Waals surface area contributed by atoms with Gasteiger partial charge in [-0.05, 0) is 5.56 Å². The van der Waals surface area contributed by atoms with E-state index in [1.165, 1.54) is 10.6 Å². The fourth-order valence-corrected chi connectivity index (χ4v) is 3.28. The van der Waals surface area contributed by atoms with Gasteiger partial charge in [0, 0.05) is 36.6 Å². The molecule has 1 fully saturated rings. The van der Waals surface area contributed by atoms with Crippen molar-refractivity contribution in [3.8, 4) is 0 Å². The van der Waals surface area contributed by atoms with Crippen molar-refractivity contribution in [1.82, 2.24) is 9.88 Å². The lowest BCUT2D eigenvalue weighted by atomic mass is 9.95. The molecule has 19 heavy (non-hydrogen) atoms. The number of nitrogens with zero attached hydrogens (tertiary/aromatic N) is 2. The van der Waals surface area contributed by atoms with Crippen LogP contribution in [-0.4, -0.2) is 29.0 Å². The normalized spacial score (nSPS) is 23.2. The highest BCUT2D eigenvalue weighted by Crippen LogP contribution is 2.27.